The smallest absolute Gasteiger partial charge is 0.274 e. The van der Waals surface area contributed by atoms with Crippen molar-refractivity contribution in [1.29, 1.82) is 0 Å². The fraction of sp³-hybridized carbons (Fsp3) is 0.607. The second kappa shape index (κ2) is 11.7. The number of amides is 2. The number of hydrogen-bond acceptors (Lipinski definition) is 5. The van der Waals surface area contributed by atoms with Crippen LogP contribution in [0.3, 0.4) is 0 Å². The van der Waals surface area contributed by atoms with Crippen LogP contribution in [0.1, 0.15) is 48.9 Å². The third kappa shape index (κ3) is 6.20. The first kappa shape index (κ1) is 28.5. The normalized spacial score (nSPS) is 25.0. The van der Waals surface area contributed by atoms with Gasteiger partial charge in [0, 0.05) is 46.7 Å². The third-order valence-corrected chi connectivity index (χ3v) is 8.15. The molecule has 208 valence electrons. The van der Waals surface area contributed by atoms with Gasteiger partial charge in [-0.25, -0.2) is 13.8 Å². The first-order valence-corrected chi connectivity index (χ1v) is 13.6. The average Bonchev–Trinajstić information content (AvgIpc) is 3.25. The van der Waals surface area contributed by atoms with Crippen LogP contribution in [0.15, 0.2) is 36.4 Å². The van der Waals surface area contributed by atoms with E-state index in [1.165, 1.54) is 4.90 Å². The Morgan fingerprint density at radius 3 is 2.50 bits per heavy atom. The molecule has 1 aliphatic carbocycles. The molecule has 10 heteroatoms. The minimum Gasteiger partial charge on any atom is -0.358 e. The van der Waals surface area contributed by atoms with Gasteiger partial charge in [-0.05, 0) is 50.2 Å². The standard InChI is InChI=1S/C28H37ClF2N4O3/c1-33(2)25(36)22-11-12-23(32-24(22)29)35-16-13-20(14-17-35)8-7-15-34(3)26(37)28(18-27(30,31)19-38-28)21-9-5-4-6-10-21/h4-6,9,11-12,20-21H,7-8,10,13-19H2,1-3H3/t21?,28-/m1/s1. The second-order valence-electron chi connectivity index (χ2n) is 10.9. The number of nitrogens with zero attached hydrogens (tertiary/aromatic N) is 4. The highest BCUT2D eigenvalue weighted by molar-refractivity contribution is 6.32. The Hall–Kier alpha value is -2.52. The van der Waals surface area contributed by atoms with Gasteiger partial charge < -0.3 is 19.4 Å². The Morgan fingerprint density at radius 1 is 1.18 bits per heavy atom. The largest absolute Gasteiger partial charge is 0.358 e. The molecule has 2 atom stereocenters. The van der Waals surface area contributed by atoms with Gasteiger partial charge in [0.25, 0.3) is 17.7 Å². The van der Waals surface area contributed by atoms with Gasteiger partial charge in [0.15, 0.2) is 5.60 Å². The molecule has 2 aliphatic heterocycles. The SMILES string of the molecule is CN(C)C(=O)c1ccc(N2CCC(CCCN(C)C(=O)[C@]3(C4C=CC=CC4)CC(F)(F)CO3)CC2)nc1Cl. The van der Waals surface area contributed by atoms with Crippen molar-refractivity contribution in [3.8, 4) is 0 Å². The summed E-state index contributed by atoms with van der Waals surface area (Å²) in [6.45, 7) is 1.45. The van der Waals surface area contributed by atoms with Crippen LogP contribution in [-0.4, -0.2) is 85.5 Å². The van der Waals surface area contributed by atoms with Crippen molar-refractivity contribution in [3.05, 3.63) is 47.2 Å². The summed E-state index contributed by atoms with van der Waals surface area (Å²) in [5, 5.41) is 0.206. The van der Waals surface area contributed by atoms with Crippen LogP contribution in [0, 0.1) is 11.8 Å². The van der Waals surface area contributed by atoms with Gasteiger partial charge in [-0.15, -0.1) is 0 Å². The second-order valence-corrected chi connectivity index (χ2v) is 11.2. The summed E-state index contributed by atoms with van der Waals surface area (Å²) < 4.78 is 34.0. The van der Waals surface area contributed by atoms with Crippen LogP contribution in [0.25, 0.3) is 0 Å². The van der Waals surface area contributed by atoms with Crippen LogP contribution in [0.4, 0.5) is 14.6 Å². The molecule has 0 N–H and O–H groups in total. The van der Waals surface area contributed by atoms with Crippen molar-refractivity contribution in [3.63, 3.8) is 0 Å². The molecule has 1 unspecified atom stereocenters. The summed E-state index contributed by atoms with van der Waals surface area (Å²) in [4.78, 5) is 35.3. The molecule has 2 fully saturated rings. The Kier molecular flexibility index (Phi) is 8.77. The zero-order chi connectivity index (χ0) is 27.5. The number of pyridine rings is 1. The molecule has 1 aromatic rings. The van der Waals surface area contributed by atoms with Crippen molar-refractivity contribution in [1.82, 2.24) is 14.8 Å². The van der Waals surface area contributed by atoms with Crippen molar-refractivity contribution in [2.24, 2.45) is 11.8 Å². The third-order valence-electron chi connectivity index (χ3n) is 7.87. The number of anilines is 1. The van der Waals surface area contributed by atoms with Gasteiger partial charge in [-0.3, -0.25) is 9.59 Å². The summed E-state index contributed by atoms with van der Waals surface area (Å²) in [6, 6.07) is 3.56. The Bertz CT molecular complexity index is 1090. The van der Waals surface area contributed by atoms with E-state index < -0.39 is 30.5 Å². The van der Waals surface area contributed by atoms with E-state index in [1.54, 1.807) is 38.2 Å². The van der Waals surface area contributed by atoms with Crippen molar-refractivity contribution >= 4 is 29.2 Å². The van der Waals surface area contributed by atoms with Crippen molar-refractivity contribution < 1.29 is 23.1 Å². The Labute approximate surface area is 228 Å². The number of likely N-dealkylation sites (N-methyl/N-ethyl adjacent to an activating group) is 1. The highest BCUT2D eigenvalue weighted by atomic mass is 35.5. The number of aromatic nitrogens is 1. The number of alkyl halides is 2. The van der Waals surface area contributed by atoms with E-state index in [4.69, 9.17) is 16.3 Å². The molecule has 0 bridgehead atoms. The molecule has 0 saturated carbocycles. The molecule has 38 heavy (non-hydrogen) atoms. The highest BCUT2D eigenvalue weighted by Gasteiger charge is 2.59. The van der Waals surface area contributed by atoms with Gasteiger partial charge in [0.1, 0.15) is 17.6 Å². The first-order chi connectivity index (χ1) is 18.0. The van der Waals surface area contributed by atoms with Crippen molar-refractivity contribution in [2.75, 3.05) is 52.3 Å². The molecule has 4 rings (SSSR count). The zero-order valence-corrected chi connectivity index (χ0v) is 23.1. The maximum absolute atomic E-state index is 14.2. The molecule has 2 amide bonds. The summed E-state index contributed by atoms with van der Waals surface area (Å²) in [5.74, 6) is -2.65. The molecule has 3 aliphatic rings. The monoisotopic (exact) mass is 550 g/mol. The van der Waals surface area contributed by atoms with E-state index >= 15 is 0 Å². The van der Waals surface area contributed by atoms with Crippen LogP contribution in [0.5, 0.6) is 0 Å². The predicted molar refractivity (Wildman–Crippen MR) is 144 cm³/mol. The maximum Gasteiger partial charge on any atom is 0.274 e. The number of halogens is 3. The van der Waals surface area contributed by atoms with Crippen LogP contribution in [-0.2, 0) is 9.53 Å². The summed E-state index contributed by atoms with van der Waals surface area (Å²) in [6.07, 6.45) is 11.0. The number of piperidine rings is 1. The molecule has 0 radical (unpaired) electrons. The molecule has 3 heterocycles. The fourth-order valence-electron chi connectivity index (χ4n) is 5.67. The van der Waals surface area contributed by atoms with Gasteiger partial charge >= 0.3 is 0 Å². The predicted octanol–water partition coefficient (Wildman–Crippen LogP) is 4.82. The van der Waals surface area contributed by atoms with Crippen molar-refractivity contribution in [2.45, 2.75) is 50.0 Å². The Balaban J connectivity index is 1.27. The Morgan fingerprint density at radius 2 is 1.92 bits per heavy atom. The number of carbonyl (C=O) groups is 2. The molecule has 0 aromatic carbocycles. The van der Waals surface area contributed by atoms with E-state index in [0.717, 1.165) is 44.6 Å². The molecule has 2 saturated heterocycles. The highest BCUT2D eigenvalue weighted by Crippen LogP contribution is 2.45. The van der Waals surface area contributed by atoms with Crippen LogP contribution < -0.4 is 4.90 Å². The fourth-order valence-corrected chi connectivity index (χ4v) is 5.91. The summed E-state index contributed by atoms with van der Waals surface area (Å²) in [5.41, 5.74) is -1.12. The lowest BCUT2D eigenvalue weighted by molar-refractivity contribution is -0.156. The lowest BCUT2D eigenvalue weighted by Crippen LogP contribution is -2.52. The quantitative estimate of drug-likeness (QED) is 0.434. The number of hydrogen-bond donors (Lipinski definition) is 0. The van der Waals surface area contributed by atoms with E-state index in [2.05, 4.69) is 9.88 Å². The van der Waals surface area contributed by atoms with Crippen LogP contribution in [0.2, 0.25) is 5.15 Å². The number of carbonyl (C=O) groups excluding carboxylic acids is 2. The number of ether oxygens (including phenoxy) is 1. The molecule has 1 aromatic heterocycles. The number of allylic oxidation sites excluding steroid dienone is 3. The molecular formula is C28H37ClF2N4O3. The summed E-state index contributed by atoms with van der Waals surface area (Å²) >= 11 is 6.29. The van der Waals surface area contributed by atoms with Gasteiger partial charge in [0.2, 0.25) is 0 Å². The topological polar surface area (TPSA) is 66.0 Å². The average molecular weight is 551 g/mol. The molecular weight excluding hydrogens is 514 g/mol. The molecule has 0 spiro atoms. The number of rotatable bonds is 8. The van der Waals surface area contributed by atoms with Gasteiger partial charge in [-0.1, -0.05) is 35.9 Å². The lowest BCUT2D eigenvalue weighted by atomic mass is 9.79. The van der Waals surface area contributed by atoms with E-state index in [0.29, 0.717) is 24.4 Å². The maximum atomic E-state index is 14.2. The van der Waals surface area contributed by atoms with Gasteiger partial charge in [-0.2, -0.15) is 0 Å². The first-order valence-electron chi connectivity index (χ1n) is 13.3. The molecule has 7 nitrogen and oxygen atoms in total. The minimum atomic E-state index is -3.00. The van der Waals surface area contributed by atoms with E-state index in [1.807, 2.05) is 24.3 Å². The summed E-state index contributed by atoms with van der Waals surface area (Å²) in [7, 11) is 5.04. The van der Waals surface area contributed by atoms with Crippen LogP contribution >= 0.6 is 11.6 Å². The minimum absolute atomic E-state index is 0.178. The zero-order valence-electron chi connectivity index (χ0n) is 22.3. The van der Waals surface area contributed by atoms with E-state index in [-0.39, 0.29) is 17.0 Å². The lowest BCUT2D eigenvalue weighted by Gasteiger charge is -2.37. The van der Waals surface area contributed by atoms with E-state index in [9.17, 15) is 18.4 Å². The van der Waals surface area contributed by atoms with Gasteiger partial charge in [0.05, 0.1) is 12.0 Å².